The third kappa shape index (κ3) is 4.21. The largest absolute Gasteiger partial charge is 0.493 e. The molecule has 1 fully saturated rings. The van der Waals surface area contributed by atoms with Crippen LogP contribution in [0.15, 0.2) is 18.2 Å². The predicted octanol–water partition coefficient (Wildman–Crippen LogP) is 3.17. The Morgan fingerprint density at radius 2 is 2.05 bits per heavy atom. The van der Waals surface area contributed by atoms with Crippen molar-refractivity contribution >= 4 is 0 Å². The molecule has 0 aromatic heterocycles. The molecule has 2 rings (SSSR count). The summed E-state index contributed by atoms with van der Waals surface area (Å²) in [4.78, 5) is 2.41. The summed E-state index contributed by atoms with van der Waals surface area (Å²) >= 11 is 0. The minimum atomic E-state index is 0.484. The van der Waals surface area contributed by atoms with Crippen LogP contribution in [0.5, 0.6) is 5.75 Å². The van der Waals surface area contributed by atoms with Gasteiger partial charge < -0.3 is 15.4 Å². The van der Waals surface area contributed by atoms with Crippen molar-refractivity contribution in [2.24, 2.45) is 11.7 Å². The second-order valence-corrected chi connectivity index (χ2v) is 6.36. The van der Waals surface area contributed by atoms with Gasteiger partial charge in [-0.1, -0.05) is 19.1 Å². The van der Waals surface area contributed by atoms with Crippen LogP contribution in [-0.2, 0) is 0 Å². The molecule has 1 heterocycles. The monoisotopic (exact) mass is 290 g/mol. The molecule has 0 saturated carbocycles. The fourth-order valence-corrected chi connectivity index (χ4v) is 3.31. The van der Waals surface area contributed by atoms with E-state index in [4.69, 9.17) is 10.5 Å². The highest BCUT2D eigenvalue weighted by Gasteiger charge is 2.25. The summed E-state index contributed by atoms with van der Waals surface area (Å²) in [7, 11) is 2.21. The molecule has 1 aromatic carbocycles. The zero-order chi connectivity index (χ0) is 15.2. The van der Waals surface area contributed by atoms with E-state index in [9.17, 15) is 0 Å². The van der Waals surface area contributed by atoms with Crippen molar-refractivity contribution in [2.45, 2.75) is 39.0 Å². The van der Waals surface area contributed by atoms with Crippen molar-refractivity contribution in [3.8, 4) is 5.75 Å². The molecular weight excluding hydrogens is 260 g/mol. The molecule has 1 aliphatic rings. The van der Waals surface area contributed by atoms with E-state index < -0.39 is 0 Å². The van der Waals surface area contributed by atoms with Gasteiger partial charge in [-0.3, -0.25) is 0 Å². The minimum absolute atomic E-state index is 0.484. The number of aryl methyl sites for hydroxylation is 1. The van der Waals surface area contributed by atoms with Crippen LogP contribution in [-0.4, -0.2) is 38.2 Å². The zero-order valence-corrected chi connectivity index (χ0v) is 13.8. The maximum atomic E-state index is 6.09. The first-order valence-corrected chi connectivity index (χ1v) is 8.27. The molecule has 1 aromatic rings. The Balaban J connectivity index is 2.09. The van der Waals surface area contributed by atoms with Crippen LogP contribution < -0.4 is 10.5 Å². The average Bonchev–Trinajstić information content (AvgIpc) is 2.49. The molecule has 3 heteroatoms. The summed E-state index contributed by atoms with van der Waals surface area (Å²) in [6.45, 7) is 8.18. The Kier molecular flexibility index (Phi) is 6.07. The Hall–Kier alpha value is -1.06. The van der Waals surface area contributed by atoms with E-state index in [2.05, 4.69) is 44.0 Å². The van der Waals surface area contributed by atoms with Gasteiger partial charge in [-0.15, -0.1) is 0 Å². The van der Waals surface area contributed by atoms with E-state index in [1.54, 1.807) is 0 Å². The third-order valence-electron chi connectivity index (χ3n) is 4.68. The van der Waals surface area contributed by atoms with Crippen LogP contribution in [0.3, 0.4) is 0 Å². The zero-order valence-electron chi connectivity index (χ0n) is 13.8. The molecule has 0 bridgehead atoms. The second-order valence-electron chi connectivity index (χ2n) is 6.36. The molecule has 0 radical (unpaired) electrons. The maximum Gasteiger partial charge on any atom is 0.122 e. The third-order valence-corrected chi connectivity index (χ3v) is 4.68. The Bertz CT molecular complexity index is 439. The first kappa shape index (κ1) is 16.3. The smallest absolute Gasteiger partial charge is 0.122 e. The van der Waals surface area contributed by atoms with E-state index in [0.717, 1.165) is 25.3 Å². The number of hydrogen-bond donors (Lipinski definition) is 1. The maximum absolute atomic E-state index is 6.09. The summed E-state index contributed by atoms with van der Waals surface area (Å²) in [6.07, 6.45) is 3.55. The lowest BCUT2D eigenvalue weighted by Crippen LogP contribution is -2.34. The first-order chi connectivity index (χ1) is 10.2. The van der Waals surface area contributed by atoms with Gasteiger partial charge in [0.2, 0.25) is 0 Å². The summed E-state index contributed by atoms with van der Waals surface area (Å²) in [6, 6.07) is 6.62. The number of nitrogens with two attached hydrogens (primary N) is 1. The molecule has 3 nitrogen and oxygen atoms in total. The Labute approximate surface area is 129 Å². The molecule has 1 saturated heterocycles. The first-order valence-electron chi connectivity index (χ1n) is 8.27. The molecule has 1 atom stereocenters. The van der Waals surface area contributed by atoms with E-state index in [1.807, 2.05) is 0 Å². The van der Waals surface area contributed by atoms with Gasteiger partial charge in [0, 0.05) is 0 Å². The van der Waals surface area contributed by atoms with Crippen LogP contribution in [0.1, 0.15) is 43.2 Å². The van der Waals surface area contributed by atoms with Crippen molar-refractivity contribution in [1.29, 1.82) is 0 Å². The lowest BCUT2D eigenvalue weighted by molar-refractivity contribution is 0.199. The number of nitrogens with zero attached hydrogens (tertiary/aromatic N) is 1. The van der Waals surface area contributed by atoms with Crippen molar-refractivity contribution in [2.75, 3.05) is 33.3 Å². The number of rotatable bonds is 6. The molecule has 1 aliphatic heterocycles. The van der Waals surface area contributed by atoms with Gasteiger partial charge >= 0.3 is 0 Å². The molecule has 0 amide bonds. The number of likely N-dealkylation sites (tertiary alicyclic amines) is 1. The number of ether oxygens (including phenoxy) is 1. The molecule has 1 unspecified atom stereocenters. The highest BCUT2D eigenvalue weighted by Crippen LogP contribution is 2.33. The second kappa shape index (κ2) is 7.81. The van der Waals surface area contributed by atoms with Gasteiger partial charge in [0.15, 0.2) is 0 Å². The molecule has 118 valence electrons. The van der Waals surface area contributed by atoms with Crippen molar-refractivity contribution in [3.05, 3.63) is 29.3 Å². The van der Waals surface area contributed by atoms with E-state index >= 15 is 0 Å². The van der Waals surface area contributed by atoms with Crippen molar-refractivity contribution in [1.82, 2.24) is 4.90 Å². The van der Waals surface area contributed by atoms with Crippen LogP contribution >= 0.6 is 0 Å². The van der Waals surface area contributed by atoms with Gasteiger partial charge in [0.25, 0.3) is 0 Å². The van der Waals surface area contributed by atoms with Gasteiger partial charge in [-0.2, -0.15) is 0 Å². The number of hydrogen-bond acceptors (Lipinski definition) is 3. The molecular formula is C18H30N2O. The molecule has 21 heavy (non-hydrogen) atoms. The quantitative estimate of drug-likeness (QED) is 0.874. The van der Waals surface area contributed by atoms with Gasteiger partial charge in [-0.25, -0.2) is 0 Å². The fraction of sp³-hybridized carbons (Fsp3) is 0.667. The van der Waals surface area contributed by atoms with Crippen LogP contribution in [0.2, 0.25) is 0 Å². The van der Waals surface area contributed by atoms with Crippen LogP contribution in [0.25, 0.3) is 0 Å². The van der Waals surface area contributed by atoms with Crippen molar-refractivity contribution < 1.29 is 4.74 Å². The molecule has 0 spiro atoms. The fourth-order valence-electron chi connectivity index (χ4n) is 3.31. The lowest BCUT2D eigenvalue weighted by atomic mass is 9.80. The SMILES string of the molecule is CCCOc1ccc(C(CN)C2CCN(C)CC2)cc1C. The summed E-state index contributed by atoms with van der Waals surface area (Å²) in [5.74, 6) is 2.21. The molecule has 2 N–H and O–H groups in total. The normalized spacial score (nSPS) is 18.7. The topological polar surface area (TPSA) is 38.5 Å². The Morgan fingerprint density at radius 1 is 1.33 bits per heavy atom. The highest BCUT2D eigenvalue weighted by molar-refractivity contribution is 5.38. The van der Waals surface area contributed by atoms with Crippen LogP contribution in [0, 0.1) is 12.8 Å². The van der Waals surface area contributed by atoms with Gasteiger partial charge in [-0.05, 0) is 81.9 Å². The molecule has 0 aliphatic carbocycles. The average molecular weight is 290 g/mol. The van der Waals surface area contributed by atoms with E-state index in [1.165, 1.54) is 37.1 Å². The number of piperidine rings is 1. The van der Waals surface area contributed by atoms with E-state index in [0.29, 0.717) is 11.8 Å². The summed E-state index contributed by atoms with van der Waals surface area (Å²) in [5.41, 5.74) is 8.71. The van der Waals surface area contributed by atoms with Gasteiger partial charge in [0.1, 0.15) is 5.75 Å². The van der Waals surface area contributed by atoms with Crippen LogP contribution in [0.4, 0.5) is 0 Å². The Morgan fingerprint density at radius 3 is 2.62 bits per heavy atom. The lowest BCUT2D eigenvalue weighted by Gasteiger charge is -2.34. The van der Waals surface area contributed by atoms with Gasteiger partial charge in [0.05, 0.1) is 6.61 Å². The van der Waals surface area contributed by atoms with E-state index in [-0.39, 0.29) is 0 Å². The highest BCUT2D eigenvalue weighted by atomic mass is 16.5. The number of benzene rings is 1. The minimum Gasteiger partial charge on any atom is -0.493 e. The van der Waals surface area contributed by atoms with Crippen molar-refractivity contribution in [3.63, 3.8) is 0 Å². The summed E-state index contributed by atoms with van der Waals surface area (Å²) in [5, 5.41) is 0. The summed E-state index contributed by atoms with van der Waals surface area (Å²) < 4.78 is 5.78. The predicted molar refractivity (Wildman–Crippen MR) is 89.0 cm³/mol. The standard InChI is InChI=1S/C18H30N2O/c1-4-11-21-18-6-5-16(12-14(18)2)17(13-19)15-7-9-20(3)10-8-15/h5-6,12,15,17H,4,7-11,13,19H2,1-3H3.